The largest absolute Gasteiger partial charge is 0.320 e. The first-order chi connectivity index (χ1) is 7.18. The number of nitrogens with two attached hydrogens (primary N) is 1. The van der Waals surface area contributed by atoms with Gasteiger partial charge in [0.1, 0.15) is 0 Å². The van der Waals surface area contributed by atoms with Gasteiger partial charge in [0.15, 0.2) is 0 Å². The summed E-state index contributed by atoms with van der Waals surface area (Å²) in [5.74, 6) is 0. The van der Waals surface area contributed by atoms with Crippen molar-refractivity contribution in [1.29, 1.82) is 0 Å². The lowest BCUT2D eigenvalue weighted by Crippen LogP contribution is -2.10. The summed E-state index contributed by atoms with van der Waals surface area (Å²) < 4.78 is 2.11. The molecule has 2 N–H and O–H groups in total. The third-order valence-corrected chi connectivity index (χ3v) is 5.35. The van der Waals surface area contributed by atoms with Gasteiger partial charge in [-0.3, -0.25) is 4.98 Å². The molecule has 0 saturated carbocycles. The lowest BCUT2D eigenvalue weighted by atomic mass is 10.1. The molecular weight excluding hydrogens is 340 g/mol. The molecule has 0 fully saturated rings. The summed E-state index contributed by atoms with van der Waals surface area (Å²) in [4.78, 5) is 5.17. The Balaban J connectivity index is 2.32. The minimum atomic E-state index is -0.105. The predicted molar refractivity (Wildman–Crippen MR) is 70.0 cm³/mol. The van der Waals surface area contributed by atoms with Crippen LogP contribution in [0.5, 0.6) is 0 Å². The topological polar surface area (TPSA) is 38.9 Å². The highest BCUT2D eigenvalue weighted by molar-refractivity contribution is 9.13. The molecule has 0 spiro atoms. The van der Waals surface area contributed by atoms with Crippen molar-refractivity contribution in [1.82, 2.24) is 4.98 Å². The van der Waals surface area contributed by atoms with Crippen LogP contribution >= 0.6 is 43.2 Å². The molecule has 15 heavy (non-hydrogen) atoms. The average molecular weight is 348 g/mol. The number of hydrogen-bond acceptors (Lipinski definition) is 3. The molecule has 0 saturated heterocycles. The number of halogens is 2. The van der Waals surface area contributed by atoms with E-state index in [1.54, 1.807) is 23.7 Å². The van der Waals surface area contributed by atoms with Gasteiger partial charge in [-0.25, -0.2) is 0 Å². The molecule has 0 bridgehead atoms. The lowest BCUT2D eigenvalue weighted by Gasteiger charge is -2.08. The Bertz CT molecular complexity index is 436. The van der Waals surface area contributed by atoms with Gasteiger partial charge in [0.05, 0.1) is 9.83 Å². The Morgan fingerprint density at radius 1 is 1.40 bits per heavy atom. The smallest absolute Gasteiger partial charge is 0.0843 e. The quantitative estimate of drug-likeness (QED) is 0.899. The number of rotatable bonds is 2. The second-order valence-corrected chi connectivity index (χ2v) is 6.29. The predicted octanol–water partition coefficient (Wildman–Crippen LogP) is 3.72. The van der Waals surface area contributed by atoms with Crippen molar-refractivity contribution in [2.24, 2.45) is 5.73 Å². The zero-order valence-electron chi connectivity index (χ0n) is 7.65. The number of aromatic nitrogens is 1. The molecule has 78 valence electrons. The summed E-state index contributed by atoms with van der Waals surface area (Å²) >= 11 is 8.54. The van der Waals surface area contributed by atoms with Crippen LogP contribution in [0.15, 0.2) is 38.9 Å². The fourth-order valence-corrected chi connectivity index (χ4v) is 3.36. The first-order valence-corrected chi connectivity index (χ1v) is 6.69. The first kappa shape index (κ1) is 11.3. The molecule has 0 aliphatic heterocycles. The number of hydrogen-bond donors (Lipinski definition) is 1. The number of pyridine rings is 1. The normalized spacial score (nSPS) is 12.7. The maximum absolute atomic E-state index is 6.13. The Kier molecular flexibility index (Phi) is 3.56. The highest BCUT2D eigenvalue weighted by Gasteiger charge is 2.13. The fourth-order valence-electron chi connectivity index (χ4n) is 1.24. The van der Waals surface area contributed by atoms with Crippen LogP contribution in [-0.4, -0.2) is 4.98 Å². The van der Waals surface area contributed by atoms with E-state index in [0.717, 1.165) is 18.7 Å². The molecule has 2 aromatic heterocycles. The van der Waals surface area contributed by atoms with E-state index in [4.69, 9.17) is 5.73 Å². The summed E-state index contributed by atoms with van der Waals surface area (Å²) in [5, 5.41) is 0. The first-order valence-electron chi connectivity index (χ1n) is 4.28. The van der Waals surface area contributed by atoms with Crippen LogP contribution in [0.4, 0.5) is 0 Å². The van der Waals surface area contributed by atoms with E-state index >= 15 is 0 Å². The van der Waals surface area contributed by atoms with E-state index < -0.39 is 0 Å². The molecule has 0 aromatic carbocycles. The minimum Gasteiger partial charge on any atom is -0.320 e. The van der Waals surface area contributed by atoms with E-state index in [0.29, 0.717) is 0 Å². The zero-order valence-corrected chi connectivity index (χ0v) is 11.6. The highest BCUT2D eigenvalue weighted by Crippen LogP contribution is 2.36. The van der Waals surface area contributed by atoms with E-state index in [1.165, 1.54) is 0 Å². The van der Waals surface area contributed by atoms with Gasteiger partial charge < -0.3 is 5.73 Å². The standard InChI is InChI=1S/C10H8Br2N2S/c11-7-4-8(15-10(7)12)9(13)6-2-1-3-14-5-6/h1-5,9H,13H2. The summed E-state index contributed by atoms with van der Waals surface area (Å²) in [5.41, 5.74) is 7.15. The second-order valence-electron chi connectivity index (χ2n) is 3.03. The van der Waals surface area contributed by atoms with E-state index in [9.17, 15) is 0 Å². The average Bonchev–Trinajstić information content (AvgIpc) is 2.59. The molecule has 0 aliphatic rings. The molecule has 0 aliphatic carbocycles. The summed E-state index contributed by atoms with van der Waals surface area (Å²) in [6, 6.07) is 5.81. The van der Waals surface area contributed by atoms with Crippen LogP contribution in [0.25, 0.3) is 0 Å². The van der Waals surface area contributed by atoms with Crippen molar-refractivity contribution in [3.63, 3.8) is 0 Å². The van der Waals surface area contributed by atoms with Gasteiger partial charge in [-0.15, -0.1) is 11.3 Å². The highest BCUT2D eigenvalue weighted by atomic mass is 79.9. The van der Waals surface area contributed by atoms with Gasteiger partial charge >= 0.3 is 0 Å². The molecule has 2 nitrogen and oxygen atoms in total. The van der Waals surface area contributed by atoms with Crippen LogP contribution in [0, 0.1) is 0 Å². The molecule has 5 heteroatoms. The van der Waals surface area contributed by atoms with Crippen LogP contribution in [0.1, 0.15) is 16.5 Å². The van der Waals surface area contributed by atoms with Gasteiger partial charge in [-0.05, 0) is 49.6 Å². The SMILES string of the molecule is NC(c1cccnc1)c1cc(Br)c(Br)s1. The number of nitrogens with zero attached hydrogens (tertiary/aromatic N) is 1. The molecule has 1 atom stereocenters. The third kappa shape index (κ3) is 2.47. The van der Waals surface area contributed by atoms with Crippen LogP contribution < -0.4 is 5.73 Å². The van der Waals surface area contributed by atoms with Crippen LogP contribution in [0.2, 0.25) is 0 Å². The van der Waals surface area contributed by atoms with Crippen molar-refractivity contribution in [3.05, 3.63) is 49.3 Å². The molecule has 0 amide bonds. The maximum Gasteiger partial charge on any atom is 0.0843 e. The summed E-state index contributed by atoms with van der Waals surface area (Å²) in [7, 11) is 0. The van der Waals surface area contributed by atoms with Gasteiger partial charge in [0.2, 0.25) is 0 Å². The zero-order chi connectivity index (χ0) is 10.8. The molecule has 0 radical (unpaired) electrons. The van der Waals surface area contributed by atoms with Crippen LogP contribution in [0.3, 0.4) is 0 Å². The fraction of sp³-hybridized carbons (Fsp3) is 0.100. The Morgan fingerprint density at radius 2 is 2.20 bits per heavy atom. The summed E-state index contributed by atoms with van der Waals surface area (Å²) in [6.07, 6.45) is 3.54. The Hall–Kier alpha value is -0.230. The van der Waals surface area contributed by atoms with Crippen molar-refractivity contribution in [3.8, 4) is 0 Å². The van der Waals surface area contributed by atoms with Crippen LogP contribution in [-0.2, 0) is 0 Å². The Morgan fingerprint density at radius 3 is 2.73 bits per heavy atom. The third-order valence-electron chi connectivity index (χ3n) is 2.01. The molecule has 2 heterocycles. The van der Waals surface area contributed by atoms with E-state index in [-0.39, 0.29) is 6.04 Å². The van der Waals surface area contributed by atoms with Gasteiger partial charge in [-0.1, -0.05) is 6.07 Å². The maximum atomic E-state index is 6.13. The molecule has 2 aromatic rings. The molecule has 2 rings (SSSR count). The van der Waals surface area contributed by atoms with E-state index in [1.807, 2.05) is 18.2 Å². The lowest BCUT2D eigenvalue weighted by molar-refractivity contribution is 0.883. The van der Waals surface area contributed by atoms with Crippen molar-refractivity contribution < 1.29 is 0 Å². The van der Waals surface area contributed by atoms with Gasteiger partial charge in [-0.2, -0.15) is 0 Å². The van der Waals surface area contributed by atoms with Crippen molar-refractivity contribution in [2.75, 3.05) is 0 Å². The summed E-state index contributed by atoms with van der Waals surface area (Å²) in [6.45, 7) is 0. The van der Waals surface area contributed by atoms with Crippen molar-refractivity contribution in [2.45, 2.75) is 6.04 Å². The van der Waals surface area contributed by atoms with Gasteiger partial charge in [0.25, 0.3) is 0 Å². The molecular formula is C10H8Br2N2S. The van der Waals surface area contributed by atoms with E-state index in [2.05, 4.69) is 36.8 Å². The monoisotopic (exact) mass is 346 g/mol. The minimum absolute atomic E-state index is 0.105. The Labute approximate surface area is 109 Å². The number of thiophene rings is 1. The van der Waals surface area contributed by atoms with Crippen molar-refractivity contribution >= 4 is 43.2 Å². The van der Waals surface area contributed by atoms with Gasteiger partial charge in [0, 0.05) is 21.7 Å². The molecule has 1 unspecified atom stereocenters. The second kappa shape index (κ2) is 4.74.